The Hall–Kier alpha value is -5.78. The van der Waals surface area contributed by atoms with E-state index < -0.39 is 0 Å². The molecule has 1 saturated carbocycles. The molecule has 0 saturated heterocycles. The summed E-state index contributed by atoms with van der Waals surface area (Å²) in [7, 11) is 0. The van der Waals surface area contributed by atoms with E-state index in [-0.39, 0.29) is 28.6 Å². The summed E-state index contributed by atoms with van der Waals surface area (Å²) in [5.74, 6) is 0. The summed E-state index contributed by atoms with van der Waals surface area (Å²) in [6.07, 6.45) is 4.82. The molecule has 5 heterocycles. The van der Waals surface area contributed by atoms with Crippen molar-refractivity contribution >= 4 is 94.0 Å². The van der Waals surface area contributed by atoms with E-state index in [1.165, 1.54) is 117 Å². The summed E-state index contributed by atoms with van der Waals surface area (Å²) < 4.78 is 9.94. The number of benzene rings is 7. The number of nitrogens with zero attached hydrogens (tertiary/aromatic N) is 2. The van der Waals surface area contributed by atoms with Gasteiger partial charge in [0, 0.05) is 65.2 Å². The standard InChI is InChI=1S/C58H53BN2OS/c1-55(2,3)35-24-26-45(40(30-35)34-18-10-9-11-19-34)60-46-27-25-39-37-20-12-14-22-47(37)62-53(39)50(46)59-49-41(33-43-38-21-13-15-23-48(38)63-54(43)52(49)60)42-31-36(56(4,5)6)32-44-51(42)61(59)58(8)29-17-16-28-57(44,58)7/h9-15,18-27,30-33H,16-17,28-29H2,1-8H3. The normalized spacial score (nSPS) is 20.2. The van der Waals surface area contributed by atoms with Crippen LogP contribution in [0.4, 0.5) is 22.7 Å². The number of anilines is 4. The first-order chi connectivity index (χ1) is 30.3. The van der Waals surface area contributed by atoms with Gasteiger partial charge in [-0.3, -0.25) is 0 Å². The number of fused-ring (bicyclic) bond motifs is 15. The molecular weight excluding hydrogens is 784 g/mol. The van der Waals surface area contributed by atoms with Crippen molar-refractivity contribution < 1.29 is 4.42 Å². The summed E-state index contributed by atoms with van der Waals surface area (Å²) in [6.45, 7) is 19.4. The second-order valence-electron chi connectivity index (χ2n) is 21.6. The van der Waals surface area contributed by atoms with E-state index in [2.05, 4.69) is 192 Å². The van der Waals surface area contributed by atoms with E-state index in [0.717, 1.165) is 17.6 Å². The third-order valence-corrected chi connectivity index (χ3v) is 17.3. The van der Waals surface area contributed by atoms with Gasteiger partial charge in [0.2, 0.25) is 0 Å². The van der Waals surface area contributed by atoms with Crippen LogP contribution < -0.4 is 20.6 Å². The zero-order valence-corrected chi connectivity index (χ0v) is 38.6. The van der Waals surface area contributed by atoms with E-state index in [4.69, 9.17) is 4.42 Å². The van der Waals surface area contributed by atoms with Gasteiger partial charge in [-0.2, -0.15) is 0 Å². The van der Waals surface area contributed by atoms with Gasteiger partial charge in [0.15, 0.2) is 0 Å². The number of thiophene rings is 1. The molecular formula is C58H53BN2OS. The van der Waals surface area contributed by atoms with Crippen LogP contribution in [0.1, 0.15) is 97.8 Å². The van der Waals surface area contributed by atoms with Crippen molar-refractivity contribution in [2.75, 3.05) is 9.71 Å². The molecule has 310 valence electrons. The molecule has 2 unspecified atom stereocenters. The number of para-hydroxylation sites is 1. The van der Waals surface area contributed by atoms with E-state index in [1.54, 1.807) is 5.56 Å². The SMILES string of the molecule is CC(C)(C)c1ccc(N2c3ccc4c(oc5ccccc54)c3B3c4c(cc5c(sc6ccccc65)c42)-c2cc(C(C)(C)C)cc4c2N3C2(C)CCCCC42C)c(-c2ccccc2)c1. The Labute approximate surface area is 375 Å². The van der Waals surface area contributed by atoms with Gasteiger partial charge in [-0.1, -0.05) is 140 Å². The second kappa shape index (κ2) is 12.5. The van der Waals surface area contributed by atoms with Gasteiger partial charge < -0.3 is 14.1 Å². The molecule has 1 aliphatic carbocycles. The Morgan fingerprint density at radius 3 is 2.08 bits per heavy atom. The molecule has 0 bridgehead atoms. The predicted molar refractivity (Wildman–Crippen MR) is 271 cm³/mol. The molecule has 63 heavy (non-hydrogen) atoms. The van der Waals surface area contributed by atoms with Crippen LogP contribution in [0.25, 0.3) is 64.4 Å². The van der Waals surface area contributed by atoms with Crippen LogP contribution in [0.5, 0.6) is 0 Å². The minimum atomic E-state index is -0.120. The van der Waals surface area contributed by atoms with Crippen molar-refractivity contribution in [3.63, 3.8) is 0 Å². The average molecular weight is 837 g/mol. The fourth-order valence-electron chi connectivity index (χ4n) is 12.6. The Kier molecular flexibility index (Phi) is 7.48. The highest BCUT2D eigenvalue weighted by atomic mass is 32.1. The number of furan rings is 1. The Morgan fingerprint density at radius 1 is 0.587 bits per heavy atom. The van der Waals surface area contributed by atoms with Gasteiger partial charge in [0.25, 0.3) is 0 Å². The summed E-state index contributed by atoms with van der Waals surface area (Å²) in [5, 5.41) is 5.03. The van der Waals surface area contributed by atoms with Crippen LogP contribution in [-0.2, 0) is 16.2 Å². The van der Waals surface area contributed by atoms with Crippen LogP contribution in [0, 0.1) is 0 Å². The fraction of sp³-hybridized carbons (Fsp3) is 0.276. The first-order valence-corrected chi connectivity index (χ1v) is 24.0. The van der Waals surface area contributed by atoms with Crippen molar-refractivity contribution in [1.82, 2.24) is 0 Å². The van der Waals surface area contributed by atoms with Crippen molar-refractivity contribution in [1.29, 1.82) is 0 Å². The number of hydrogen-bond acceptors (Lipinski definition) is 4. The van der Waals surface area contributed by atoms with Crippen LogP contribution in [0.2, 0.25) is 0 Å². The molecule has 2 atom stereocenters. The first-order valence-electron chi connectivity index (χ1n) is 23.2. The molecule has 7 aromatic carbocycles. The summed E-state index contributed by atoms with van der Waals surface area (Å²) >= 11 is 1.96. The highest BCUT2D eigenvalue weighted by Crippen LogP contribution is 2.64. The van der Waals surface area contributed by atoms with Crippen LogP contribution in [0.3, 0.4) is 0 Å². The van der Waals surface area contributed by atoms with Gasteiger partial charge in [-0.25, -0.2) is 0 Å². The largest absolute Gasteiger partial charge is 0.456 e. The second-order valence-corrected chi connectivity index (χ2v) is 22.6. The number of hydrogen-bond donors (Lipinski definition) is 0. The molecule has 1 fully saturated rings. The molecule has 9 aromatic rings. The lowest BCUT2D eigenvalue weighted by Gasteiger charge is -2.55. The minimum absolute atomic E-state index is 0.0189. The van der Waals surface area contributed by atoms with E-state index in [1.807, 2.05) is 11.3 Å². The zero-order chi connectivity index (χ0) is 42.9. The van der Waals surface area contributed by atoms with Crippen molar-refractivity contribution in [3.05, 3.63) is 144 Å². The fourth-order valence-corrected chi connectivity index (χ4v) is 13.8. The van der Waals surface area contributed by atoms with E-state index in [9.17, 15) is 0 Å². The zero-order valence-electron chi connectivity index (χ0n) is 37.7. The molecule has 2 aromatic heterocycles. The molecule has 5 heteroatoms. The molecule has 13 rings (SSSR count). The quantitative estimate of drug-likeness (QED) is 0.162. The maximum atomic E-state index is 7.27. The first kappa shape index (κ1) is 37.8. The Morgan fingerprint density at radius 2 is 1.29 bits per heavy atom. The van der Waals surface area contributed by atoms with Gasteiger partial charge in [0.05, 0.1) is 16.1 Å². The molecule has 0 spiro atoms. The van der Waals surface area contributed by atoms with Gasteiger partial charge in [0.1, 0.15) is 11.2 Å². The Balaban J connectivity index is 1.26. The number of rotatable bonds is 2. The topological polar surface area (TPSA) is 19.6 Å². The molecule has 0 N–H and O–H groups in total. The highest BCUT2D eigenvalue weighted by molar-refractivity contribution is 7.26. The van der Waals surface area contributed by atoms with Gasteiger partial charge >= 0.3 is 6.85 Å². The van der Waals surface area contributed by atoms with E-state index >= 15 is 0 Å². The lowest BCUT2D eigenvalue weighted by atomic mass is 9.42. The predicted octanol–water partition coefficient (Wildman–Crippen LogP) is 15.2. The van der Waals surface area contributed by atoms with Crippen molar-refractivity contribution in [3.8, 4) is 22.3 Å². The van der Waals surface area contributed by atoms with Crippen LogP contribution in [-0.4, -0.2) is 12.4 Å². The van der Waals surface area contributed by atoms with Crippen molar-refractivity contribution in [2.45, 2.75) is 103 Å². The van der Waals surface area contributed by atoms with E-state index in [0.29, 0.717) is 0 Å². The van der Waals surface area contributed by atoms with Crippen LogP contribution in [0.15, 0.2) is 132 Å². The molecule has 0 radical (unpaired) electrons. The van der Waals surface area contributed by atoms with Gasteiger partial charge in [-0.05, 0) is 112 Å². The molecule has 3 aliphatic heterocycles. The van der Waals surface area contributed by atoms with Gasteiger partial charge in [-0.15, -0.1) is 11.3 Å². The third-order valence-electron chi connectivity index (χ3n) is 16.1. The summed E-state index contributed by atoms with van der Waals surface area (Å²) in [4.78, 5) is 5.65. The average Bonchev–Trinajstić information content (AvgIpc) is 3.91. The lowest BCUT2D eigenvalue weighted by molar-refractivity contribution is 0.199. The molecule has 4 aliphatic rings. The Bertz CT molecular complexity index is 3440. The third kappa shape index (κ3) is 4.87. The highest BCUT2D eigenvalue weighted by Gasteiger charge is 2.63. The summed E-state index contributed by atoms with van der Waals surface area (Å²) in [6, 6.07) is 48.8. The minimum Gasteiger partial charge on any atom is -0.456 e. The maximum Gasteiger partial charge on any atom is 0.332 e. The molecule has 0 amide bonds. The van der Waals surface area contributed by atoms with Crippen LogP contribution >= 0.6 is 11.3 Å². The summed E-state index contributed by atoms with van der Waals surface area (Å²) in [5.41, 5.74) is 19.1. The monoisotopic (exact) mass is 836 g/mol. The maximum absolute atomic E-state index is 7.27. The molecule has 3 nitrogen and oxygen atoms in total. The lowest BCUT2D eigenvalue weighted by Crippen LogP contribution is -2.70. The smallest absolute Gasteiger partial charge is 0.332 e. The van der Waals surface area contributed by atoms with Crippen molar-refractivity contribution in [2.24, 2.45) is 0 Å².